The lowest BCUT2D eigenvalue weighted by molar-refractivity contribution is -0.119. The lowest BCUT2D eigenvalue weighted by Crippen LogP contribution is -2.37. The van der Waals surface area contributed by atoms with Crippen molar-refractivity contribution in [3.8, 4) is 11.4 Å². The number of aromatic nitrogens is 3. The van der Waals surface area contributed by atoms with Crippen molar-refractivity contribution in [3.63, 3.8) is 0 Å². The van der Waals surface area contributed by atoms with Gasteiger partial charge in [0.2, 0.25) is 5.91 Å². The standard InChI is InChI=1S/C17H24N4OS/c1-11(2)13(4)18-15(22)10-23-17-20-19-16(21(17)5)14-8-6-12(3)7-9-14/h6-9,11,13H,10H2,1-5H3,(H,18,22). The van der Waals surface area contributed by atoms with Crippen LogP contribution in [0.2, 0.25) is 0 Å². The van der Waals surface area contributed by atoms with E-state index in [9.17, 15) is 4.79 Å². The van der Waals surface area contributed by atoms with E-state index in [1.807, 2.05) is 30.7 Å². The van der Waals surface area contributed by atoms with Crippen LogP contribution in [0.5, 0.6) is 0 Å². The molecule has 124 valence electrons. The zero-order valence-corrected chi connectivity index (χ0v) is 15.1. The molecule has 0 aliphatic heterocycles. The number of carbonyl (C=O) groups is 1. The Morgan fingerprint density at radius 1 is 1.22 bits per heavy atom. The number of hydrogen-bond donors (Lipinski definition) is 1. The van der Waals surface area contributed by atoms with Crippen LogP contribution in [0.3, 0.4) is 0 Å². The quantitative estimate of drug-likeness (QED) is 0.826. The van der Waals surface area contributed by atoms with E-state index < -0.39 is 0 Å². The Bertz CT molecular complexity index is 664. The van der Waals surface area contributed by atoms with Crippen LogP contribution < -0.4 is 5.32 Å². The van der Waals surface area contributed by atoms with Crippen LogP contribution in [-0.2, 0) is 11.8 Å². The molecule has 0 aliphatic rings. The number of amides is 1. The van der Waals surface area contributed by atoms with Crippen molar-refractivity contribution in [1.29, 1.82) is 0 Å². The molecule has 0 radical (unpaired) electrons. The van der Waals surface area contributed by atoms with E-state index >= 15 is 0 Å². The van der Waals surface area contributed by atoms with Crippen LogP contribution in [-0.4, -0.2) is 32.5 Å². The molecule has 1 aromatic carbocycles. The number of nitrogens with zero attached hydrogens (tertiary/aromatic N) is 3. The molecule has 5 nitrogen and oxygen atoms in total. The molecule has 2 rings (SSSR count). The SMILES string of the molecule is Cc1ccc(-c2nnc(SCC(=O)NC(C)C(C)C)n2C)cc1. The topological polar surface area (TPSA) is 59.8 Å². The summed E-state index contributed by atoms with van der Waals surface area (Å²) < 4.78 is 1.93. The number of aryl methyl sites for hydroxylation is 1. The Kier molecular flexibility index (Phi) is 5.82. The molecule has 1 N–H and O–H groups in total. The minimum atomic E-state index is 0.0242. The molecule has 0 saturated carbocycles. The highest BCUT2D eigenvalue weighted by Gasteiger charge is 2.14. The van der Waals surface area contributed by atoms with Gasteiger partial charge in [0.15, 0.2) is 11.0 Å². The average molecular weight is 332 g/mol. The molecule has 0 aliphatic carbocycles. The van der Waals surface area contributed by atoms with Crippen LogP contribution in [0.4, 0.5) is 0 Å². The summed E-state index contributed by atoms with van der Waals surface area (Å²) in [7, 11) is 1.92. The van der Waals surface area contributed by atoms with Crippen LogP contribution in [0.15, 0.2) is 29.4 Å². The minimum Gasteiger partial charge on any atom is -0.353 e. The fourth-order valence-corrected chi connectivity index (χ4v) is 2.71. The Labute approximate surface area is 141 Å². The maximum Gasteiger partial charge on any atom is 0.230 e. The van der Waals surface area contributed by atoms with Crippen molar-refractivity contribution >= 4 is 17.7 Å². The molecule has 1 atom stereocenters. The summed E-state index contributed by atoms with van der Waals surface area (Å²) in [4.78, 5) is 12.0. The van der Waals surface area contributed by atoms with E-state index in [0.29, 0.717) is 11.7 Å². The van der Waals surface area contributed by atoms with Gasteiger partial charge in [-0.05, 0) is 19.8 Å². The van der Waals surface area contributed by atoms with Gasteiger partial charge in [0.25, 0.3) is 0 Å². The van der Waals surface area contributed by atoms with Gasteiger partial charge < -0.3 is 9.88 Å². The Balaban J connectivity index is 2.00. The average Bonchev–Trinajstić information content (AvgIpc) is 2.87. The van der Waals surface area contributed by atoms with Crippen molar-refractivity contribution in [2.45, 2.75) is 38.9 Å². The third kappa shape index (κ3) is 4.58. The maximum absolute atomic E-state index is 12.0. The lowest BCUT2D eigenvalue weighted by atomic mass is 10.1. The summed E-state index contributed by atoms with van der Waals surface area (Å²) in [5.74, 6) is 1.60. The highest BCUT2D eigenvalue weighted by atomic mass is 32.2. The fourth-order valence-electron chi connectivity index (χ4n) is 1.99. The molecular formula is C17H24N4OS. The molecule has 6 heteroatoms. The van der Waals surface area contributed by atoms with Gasteiger partial charge in [-0.1, -0.05) is 55.4 Å². The van der Waals surface area contributed by atoms with Gasteiger partial charge in [0.05, 0.1) is 5.75 Å². The first-order valence-electron chi connectivity index (χ1n) is 7.77. The van der Waals surface area contributed by atoms with E-state index in [-0.39, 0.29) is 11.9 Å². The first-order valence-corrected chi connectivity index (χ1v) is 8.75. The van der Waals surface area contributed by atoms with E-state index in [4.69, 9.17) is 0 Å². The van der Waals surface area contributed by atoms with E-state index in [1.165, 1.54) is 17.3 Å². The monoisotopic (exact) mass is 332 g/mol. The lowest BCUT2D eigenvalue weighted by Gasteiger charge is -2.17. The maximum atomic E-state index is 12.0. The molecule has 23 heavy (non-hydrogen) atoms. The third-order valence-corrected chi connectivity index (χ3v) is 4.89. The summed E-state index contributed by atoms with van der Waals surface area (Å²) in [5, 5.41) is 12.2. The summed E-state index contributed by atoms with van der Waals surface area (Å²) in [6.07, 6.45) is 0. The normalized spacial score (nSPS) is 12.4. The number of nitrogens with one attached hydrogen (secondary N) is 1. The number of hydrogen-bond acceptors (Lipinski definition) is 4. The van der Waals surface area contributed by atoms with Crippen molar-refractivity contribution in [2.75, 3.05) is 5.75 Å². The van der Waals surface area contributed by atoms with Gasteiger partial charge in [-0.15, -0.1) is 10.2 Å². The van der Waals surface area contributed by atoms with E-state index in [2.05, 4.69) is 48.4 Å². The van der Waals surface area contributed by atoms with Gasteiger partial charge >= 0.3 is 0 Å². The second-order valence-corrected chi connectivity index (χ2v) is 7.06. The second-order valence-electron chi connectivity index (χ2n) is 6.12. The molecular weight excluding hydrogens is 308 g/mol. The summed E-state index contributed by atoms with van der Waals surface area (Å²) in [6, 6.07) is 8.34. The molecule has 2 aromatic rings. The summed E-state index contributed by atoms with van der Waals surface area (Å²) >= 11 is 1.40. The first kappa shape index (κ1) is 17.5. The third-order valence-electron chi connectivity index (χ3n) is 3.87. The highest BCUT2D eigenvalue weighted by Crippen LogP contribution is 2.22. The number of benzene rings is 1. The van der Waals surface area contributed by atoms with Gasteiger partial charge in [-0.25, -0.2) is 0 Å². The number of carbonyl (C=O) groups excluding carboxylic acids is 1. The van der Waals surface area contributed by atoms with Crippen molar-refractivity contribution in [1.82, 2.24) is 20.1 Å². The van der Waals surface area contributed by atoms with E-state index in [0.717, 1.165) is 16.5 Å². The van der Waals surface area contributed by atoms with Crippen LogP contribution in [0.1, 0.15) is 26.3 Å². The zero-order valence-electron chi connectivity index (χ0n) is 14.3. The van der Waals surface area contributed by atoms with Crippen LogP contribution in [0.25, 0.3) is 11.4 Å². The minimum absolute atomic E-state index is 0.0242. The Morgan fingerprint density at radius 3 is 2.48 bits per heavy atom. The summed E-state index contributed by atoms with van der Waals surface area (Å²) in [6.45, 7) is 8.26. The fraction of sp³-hybridized carbons (Fsp3) is 0.471. The highest BCUT2D eigenvalue weighted by molar-refractivity contribution is 7.99. The predicted molar refractivity (Wildman–Crippen MR) is 94.3 cm³/mol. The smallest absolute Gasteiger partial charge is 0.230 e. The molecule has 1 heterocycles. The molecule has 1 unspecified atom stereocenters. The Hall–Kier alpha value is -1.82. The van der Waals surface area contributed by atoms with Gasteiger partial charge in [0.1, 0.15) is 0 Å². The predicted octanol–water partition coefficient (Wildman–Crippen LogP) is 3.04. The first-order chi connectivity index (χ1) is 10.9. The van der Waals surface area contributed by atoms with Gasteiger partial charge in [-0.2, -0.15) is 0 Å². The van der Waals surface area contributed by atoms with Crippen molar-refractivity contribution in [3.05, 3.63) is 29.8 Å². The molecule has 1 amide bonds. The van der Waals surface area contributed by atoms with Crippen LogP contribution in [0, 0.1) is 12.8 Å². The van der Waals surface area contributed by atoms with Gasteiger partial charge in [0, 0.05) is 18.7 Å². The second kappa shape index (κ2) is 7.64. The molecule has 0 spiro atoms. The summed E-state index contributed by atoms with van der Waals surface area (Å²) in [5.41, 5.74) is 2.23. The Morgan fingerprint density at radius 2 is 1.87 bits per heavy atom. The van der Waals surface area contributed by atoms with Crippen molar-refractivity contribution in [2.24, 2.45) is 13.0 Å². The number of rotatable bonds is 6. The van der Waals surface area contributed by atoms with Gasteiger partial charge in [-0.3, -0.25) is 4.79 Å². The molecule has 0 bridgehead atoms. The molecule has 1 aromatic heterocycles. The number of thioether (sulfide) groups is 1. The molecule has 0 fully saturated rings. The van der Waals surface area contributed by atoms with Crippen molar-refractivity contribution < 1.29 is 4.79 Å². The van der Waals surface area contributed by atoms with E-state index in [1.54, 1.807) is 0 Å². The zero-order chi connectivity index (χ0) is 17.0. The molecule has 0 saturated heterocycles. The van der Waals surface area contributed by atoms with Crippen LogP contribution >= 0.6 is 11.8 Å². The largest absolute Gasteiger partial charge is 0.353 e.